The van der Waals surface area contributed by atoms with E-state index < -0.39 is 10.5 Å². The van der Waals surface area contributed by atoms with Crippen LogP contribution in [0, 0.1) is 35.3 Å². The van der Waals surface area contributed by atoms with Crippen molar-refractivity contribution in [2.24, 2.45) is 0 Å². The zero-order chi connectivity index (χ0) is 16.2. The largest absolute Gasteiger partial charge is 0.484 e. The van der Waals surface area contributed by atoms with Gasteiger partial charge in [-0.05, 0) is 45.7 Å². The molecule has 1 atom stereocenters. The minimum atomic E-state index is -0.903. The third-order valence-electron chi connectivity index (χ3n) is 2.96. The minimum absolute atomic E-state index is 0.0341. The first-order chi connectivity index (χ1) is 9.68. The summed E-state index contributed by atoms with van der Waals surface area (Å²) in [6.07, 6.45) is 0. The Morgan fingerprint density at radius 2 is 2.10 bits per heavy atom. The molecule has 0 aliphatic rings. The Hall–Kier alpha value is -2.13. The number of nitrogens with zero attached hydrogens (tertiary/aromatic N) is 2. The maximum Gasteiger partial charge on any atom is 0.311 e. The lowest BCUT2D eigenvalue weighted by molar-refractivity contribution is -0.386. The zero-order valence-corrected chi connectivity index (χ0v) is 13.1. The lowest BCUT2D eigenvalue weighted by Gasteiger charge is -2.26. The van der Waals surface area contributed by atoms with Gasteiger partial charge in [-0.2, -0.15) is 5.26 Å². The van der Waals surface area contributed by atoms with E-state index in [1.807, 2.05) is 19.9 Å². The molecular formula is C15H21N3O3. The van der Waals surface area contributed by atoms with Crippen LogP contribution in [0.3, 0.4) is 0 Å². The van der Waals surface area contributed by atoms with Gasteiger partial charge in [0.2, 0.25) is 0 Å². The van der Waals surface area contributed by atoms with Crippen molar-refractivity contribution >= 4 is 5.69 Å². The Morgan fingerprint density at radius 1 is 1.48 bits per heavy atom. The summed E-state index contributed by atoms with van der Waals surface area (Å²) in [6, 6.07) is 5.55. The summed E-state index contributed by atoms with van der Waals surface area (Å²) >= 11 is 0. The average molecular weight is 291 g/mol. The van der Waals surface area contributed by atoms with Crippen LogP contribution in [0.5, 0.6) is 5.75 Å². The number of benzene rings is 1. The first kappa shape index (κ1) is 16.9. The van der Waals surface area contributed by atoms with Gasteiger partial charge in [-0.25, -0.2) is 0 Å². The van der Waals surface area contributed by atoms with Gasteiger partial charge >= 0.3 is 5.69 Å². The standard InChI is InChI=1S/C15H21N3O3/c1-10(2)17-15(5,8-16)9-21-14-12(4)6-11(3)7-13(14)18(19)20/h6-7,10,17H,9H2,1-5H3. The van der Waals surface area contributed by atoms with Crippen LogP contribution in [0.2, 0.25) is 0 Å². The molecule has 0 radical (unpaired) electrons. The summed E-state index contributed by atoms with van der Waals surface area (Å²) in [7, 11) is 0. The summed E-state index contributed by atoms with van der Waals surface area (Å²) in [5.74, 6) is 0.220. The van der Waals surface area contributed by atoms with Gasteiger partial charge in [0.1, 0.15) is 12.1 Å². The number of rotatable bonds is 6. The maximum absolute atomic E-state index is 11.1. The molecule has 0 heterocycles. The van der Waals surface area contributed by atoms with E-state index in [0.29, 0.717) is 5.56 Å². The molecule has 0 spiro atoms. The fourth-order valence-corrected chi connectivity index (χ4v) is 2.22. The van der Waals surface area contributed by atoms with Crippen molar-refractivity contribution in [3.63, 3.8) is 0 Å². The Morgan fingerprint density at radius 3 is 2.57 bits per heavy atom. The SMILES string of the molecule is Cc1cc(C)c(OCC(C)(C#N)NC(C)C)c([N+](=O)[O-])c1. The molecule has 0 fully saturated rings. The molecule has 0 aromatic heterocycles. The predicted molar refractivity (Wildman–Crippen MR) is 80.4 cm³/mol. The molecule has 6 nitrogen and oxygen atoms in total. The van der Waals surface area contributed by atoms with Crippen molar-refractivity contribution in [2.75, 3.05) is 6.61 Å². The van der Waals surface area contributed by atoms with Gasteiger partial charge in [0, 0.05) is 12.1 Å². The van der Waals surface area contributed by atoms with E-state index in [1.54, 1.807) is 20.8 Å². The van der Waals surface area contributed by atoms with E-state index >= 15 is 0 Å². The summed E-state index contributed by atoms with van der Waals surface area (Å²) in [5.41, 5.74) is 0.512. The molecule has 1 aromatic carbocycles. The fraction of sp³-hybridized carbons (Fsp3) is 0.533. The molecule has 0 aliphatic heterocycles. The number of nitro groups is 1. The van der Waals surface area contributed by atoms with Gasteiger partial charge in [-0.15, -0.1) is 0 Å². The Bertz CT molecular complexity index is 578. The molecule has 0 aliphatic carbocycles. The van der Waals surface area contributed by atoms with Gasteiger partial charge in [-0.3, -0.25) is 15.4 Å². The predicted octanol–water partition coefficient (Wildman–Crippen LogP) is 2.87. The van der Waals surface area contributed by atoms with Crippen molar-refractivity contribution in [3.05, 3.63) is 33.4 Å². The molecule has 1 aromatic rings. The first-order valence-corrected chi connectivity index (χ1v) is 6.76. The zero-order valence-electron chi connectivity index (χ0n) is 13.1. The number of hydrogen-bond acceptors (Lipinski definition) is 5. The van der Waals surface area contributed by atoms with Crippen molar-refractivity contribution in [1.29, 1.82) is 5.26 Å². The van der Waals surface area contributed by atoms with Gasteiger partial charge in [0.05, 0.1) is 11.0 Å². The van der Waals surface area contributed by atoms with E-state index in [1.165, 1.54) is 6.07 Å². The monoisotopic (exact) mass is 291 g/mol. The highest BCUT2D eigenvalue weighted by Gasteiger charge is 2.28. The Kier molecular flexibility index (Phi) is 5.28. The van der Waals surface area contributed by atoms with Gasteiger partial charge in [-0.1, -0.05) is 6.07 Å². The third kappa shape index (κ3) is 4.43. The van der Waals surface area contributed by atoms with Gasteiger partial charge in [0.25, 0.3) is 0 Å². The van der Waals surface area contributed by atoms with E-state index in [4.69, 9.17) is 4.74 Å². The molecule has 21 heavy (non-hydrogen) atoms. The smallest absolute Gasteiger partial charge is 0.311 e. The maximum atomic E-state index is 11.1. The molecule has 6 heteroatoms. The van der Waals surface area contributed by atoms with E-state index in [2.05, 4.69) is 11.4 Å². The second-order valence-electron chi connectivity index (χ2n) is 5.72. The summed E-state index contributed by atoms with van der Waals surface area (Å²) in [6.45, 7) is 9.15. The van der Waals surface area contributed by atoms with Crippen LogP contribution in [-0.4, -0.2) is 23.1 Å². The topological polar surface area (TPSA) is 88.2 Å². The molecule has 1 unspecified atom stereocenters. The highest BCUT2D eigenvalue weighted by Crippen LogP contribution is 2.32. The van der Waals surface area contributed by atoms with Crippen LogP contribution in [-0.2, 0) is 0 Å². The molecule has 114 valence electrons. The second-order valence-corrected chi connectivity index (χ2v) is 5.72. The van der Waals surface area contributed by atoms with Crippen LogP contribution in [0.4, 0.5) is 5.69 Å². The van der Waals surface area contributed by atoms with E-state index in [-0.39, 0.29) is 24.1 Å². The number of aryl methyl sites for hydroxylation is 2. The highest BCUT2D eigenvalue weighted by atomic mass is 16.6. The minimum Gasteiger partial charge on any atom is -0.484 e. The average Bonchev–Trinajstić information content (AvgIpc) is 2.35. The molecule has 0 bridgehead atoms. The van der Waals surface area contributed by atoms with Crippen molar-refractivity contribution in [1.82, 2.24) is 5.32 Å². The second kappa shape index (κ2) is 6.55. The lowest BCUT2D eigenvalue weighted by Crippen LogP contribution is -2.49. The summed E-state index contributed by atoms with van der Waals surface area (Å²) in [4.78, 5) is 10.7. The molecule has 0 saturated carbocycles. The van der Waals surface area contributed by atoms with Crippen LogP contribution >= 0.6 is 0 Å². The number of ether oxygens (including phenoxy) is 1. The number of nitriles is 1. The number of hydrogen-bond donors (Lipinski definition) is 1. The van der Waals surface area contributed by atoms with Crippen LogP contribution < -0.4 is 10.1 Å². The molecule has 1 rings (SSSR count). The first-order valence-electron chi connectivity index (χ1n) is 6.76. The van der Waals surface area contributed by atoms with Crippen LogP contribution in [0.1, 0.15) is 31.9 Å². The molecule has 0 saturated heterocycles. The lowest BCUT2D eigenvalue weighted by atomic mass is 10.0. The van der Waals surface area contributed by atoms with Crippen molar-refractivity contribution in [3.8, 4) is 11.8 Å². The van der Waals surface area contributed by atoms with Gasteiger partial charge in [0.15, 0.2) is 5.75 Å². The quantitative estimate of drug-likeness (QED) is 0.643. The fourth-order valence-electron chi connectivity index (χ4n) is 2.22. The number of nitrogens with one attached hydrogen (secondary N) is 1. The summed E-state index contributed by atoms with van der Waals surface area (Å²) in [5, 5.41) is 23.5. The highest BCUT2D eigenvalue weighted by molar-refractivity contribution is 5.53. The third-order valence-corrected chi connectivity index (χ3v) is 2.96. The van der Waals surface area contributed by atoms with E-state index in [9.17, 15) is 15.4 Å². The van der Waals surface area contributed by atoms with Crippen molar-refractivity contribution in [2.45, 2.75) is 46.2 Å². The van der Waals surface area contributed by atoms with Crippen LogP contribution in [0.15, 0.2) is 12.1 Å². The van der Waals surface area contributed by atoms with Gasteiger partial charge < -0.3 is 4.74 Å². The normalized spacial score (nSPS) is 13.6. The van der Waals surface area contributed by atoms with Crippen LogP contribution in [0.25, 0.3) is 0 Å². The number of nitro benzene ring substituents is 1. The Labute approximate surface area is 124 Å². The summed E-state index contributed by atoms with van der Waals surface area (Å²) < 4.78 is 5.61. The molecular weight excluding hydrogens is 270 g/mol. The molecule has 0 amide bonds. The van der Waals surface area contributed by atoms with Crippen molar-refractivity contribution < 1.29 is 9.66 Å². The molecule has 1 N–H and O–H groups in total. The van der Waals surface area contributed by atoms with E-state index in [0.717, 1.165) is 5.56 Å². The Balaban J connectivity index is 3.03.